The van der Waals surface area contributed by atoms with Gasteiger partial charge in [-0.1, -0.05) is 0 Å². The molecule has 0 aliphatic heterocycles. The molecule has 5 heteroatoms. The van der Waals surface area contributed by atoms with Crippen LogP contribution in [0.15, 0.2) is 5.16 Å². The van der Waals surface area contributed by atoms with Gasteiger partial charge in [-0.05, 0) is 12.5 Å². The summed E-state index contributed by atoms with van der Waals surface area (Å²) in [6, 6.07) is 0.844. The van der Waals surface area contributed by atoms with Crippen molar-refractivity contribution < 1.29 is 14.1 Å². The molecule has 0 radical (unpaired) electrons. The molecule has 0 aromatic heterocycles. The Balaban J connectivity index is 3.25. The fraction of sp³-hybridized carbons (Fsp3) is 0.800. The second-order valence-electron chi connectivity index (χ2n) is 1.78. The van der Waals surface area contributed by atoms with Gasteiger partial charge in [0.1, 0.15) is 0 Å². The van der Waals surface area contributed by atoms with E-state index in [2.05, 4.69) is 5.16 Å². The van der Waals surface area contributed by atoms with Gasteiger partial charge in [0.15, 0.2) is 0 Å². The summed E-state index contributed by atoms with van der Waals surface area (Å²) in [5, 5.41) is 10.9. The fourth-order valence-electron chi connectivity index (χ4n) is 0.600. The van der Waals surface area contributed by atoms with Crippen molar-refractivity contribution in [2.24, 2.45) is 5.16 Å². The van der Waals surface area contributed by atoms with E-state index in [4.69, 9.17) is 14.1 Å². The van der Waals surface area contributed by atoms with Crippen molar-refractivity contribution >= 4 is 15.5 Å². The monoisotopic (exact) mass is 163 g/mol. The summed E-state index contributed by atoms with van der Waals surface area (Å²) >= 11 is 0. The average molecular weight is 163 g/mol. The molecule has 4 nitrogen and oxygen atoms in total. The average Bonchev–Trinajstić information content (AvgIpc) is 1.99. The van der Waals surface area contributed by atoms with Gasteiger partial charge >= 0.3 is 9.28 Å². The van der Waals surface area contributed by atoms with Crippen LogP contribution in [0.3, 0.4) is 0 Å². The first kappa shape index (κ1) is 9.61. The number of hydrogen-bond acceptors (Lipinski definition) is 4. The Morgan fingerprint density at radius 2 is 2.10 bits per heavy atom. The Hall–Kier alpha value is -0.393. The predicted octanol–water partition coefficient (Wildman–Crippen LogP) is 0.350. The molecule has 0 heterocycles. The Morgan fingerprint density at radius 3 is 2.50 bits per heavy atom. The second-order valence-corrected chi connectivity index (χ2v) is 4.16. The third-order valence-corrected chi connectivity index (χ3v) is 3.00. The maximum absolute atomic E-state index is 8.03. The van der Waals surface area contributed by atoms with Gasteiger partial charge in [0.25, 0.3) is 0 Å². The van der Waals surface area contributed by atoms with E-state index in [1.54, 1.807) is 14.2 Å². The van der Waals surface area contributed by atoms with Crippen LogP contribution in [0.2, 0.25) is 6.04 Å². The lowest BCUT2D eigenvalue weighted by Gasteiger charge is -2.07. The number of nitrogens with zero attached hydrogens (tertiary/aromatic N) is 1. The zero-order valence-electron chi connectivity index (χ0n) is 6.28. The molecule has 0 amide bonds. The smallest absolute Gasteiger partial charge is 0.321 e. The lowest BCUT2D eigenvalue weighted by Crippen LogP contribution is -2.18. The highest BCUT2D eigenvalue weighted by molar-refractivity contribution is 6.44. The summed E-state index contributed by atoms with van der Waals surface area (Å²) in [5.74, 6) is 0. The molecule has 0 aromatic carbocycles. The summed E-state index contributed by atoms with van der Waals surface area (Å²) in [7, 11) is 1.84. The summed E-state index contributed by atoms with van der Waals surface area (Å²) in [6.45, 7) is 0. The van der Waals surface area contributed by atoms with Crippen LogP contribution in [-0.4, -0.2) is 34.9 Å². The first-order valence-electron chi connectivity index (χ1n) is 3.06. The van der Waals surface area contributed by atoms with Gasteiger partial charge in [-0.2, -0.15) is 0 Å². The van der Waals surface area contributed by atoms with Crippen molar-refractivity contribution in [1.82, 2.24) is 0 Å². The highest BCUT2D eigenvalue weighted by Crippen LogP contribution is 1.96. The minimum absolute atomic E-state index is 0.717. The third-order valence-electron chi connectivity index (χ3n) is 1.14. The van der Waals surface area contributed by atoms with Crippen molar-refractivity contribution in [3.63, 3.8) is 0 Å². The van der Waals surface area contributed by atoms with Crippen LogP contribution in [-0.2, 0) is 8.85 Å². The van der Waals surface area contributed by atoms with E-state index in [-0.39, 0.29) is 0 Å². The van der Waals surface area contributed by atoms with Crippen LogP contribution in [0.1, 0.15) is 6.42 Å². The fourth-order valence-corrected chi connectivity index (χ4v) is 1.69. The molecule has 0 rings (SSSR count). The molecule has 0 atom stereocenters. The highest BCUT2D eigenvalue weighted by atomic mass is 28.3. The molecule has 0 saturated carbocycles. The quantitative estimate of drug-likeness (QED) is 0.275. The lowest BCUT2D eigenvalue weighted by atomic mass is 10.5. The van der Waals surface area contributed by atoms with Gasteiger partial charge in [0, 0.05) is 20.4 Å². The van der Waals surface area contributed by atoms with Gasteiger partial charge in [0.2, 0.25) is 0 Å². The van der Waals surface area contributed by atoms with Crippen LogP contribution in [0.5, 0.6) is 0 Å². The van der Waals surface area contributed by atoms with Crippen molar-refractivity contribution in [2.45, 2.75) is 12.5 Å². The summed E-state index contributed by atoms with van der Waals surface area (Å²) in [5.41, 5.74) is 0. The summed E-state index contributed by atoms with van der Waals surface area (Å²) in [6.07, 6.45) is 2.16. The highest BCUT2D eigenvalue weighted by Gasteiger charge is 2.06. The van der Waals surface area contributed by atoms with E-state index >= 15 is 0 Å². The van der Waals surface area contributed by atoms with Gasteiger partial charge in [0.05, 0.1) is 0 Å². The summed E-state index contributed by atoms with van der Waals surface area (Å²) < 4.78 is 10.0. The van der Waals surface area contributed by atoms with E-state index in [9.17, 15) is 0 Å². The first-order valence-corrected chi connectivity index (χ1v) is 4.82. The number of rotatable bonds is 5. The number of oxime groups is 1. The van der Waals surface area contributed by atoms with E-state index < -0.39 is 9.28 Å². The van der Waals surface area contributed by atoms with Gasteiger partial charge in [-0.15, -0.1) is 5.16 Å². The molecule has 10 heavy (non-hydrogen) atoms. The summed E-state index contributed by atoms with van der Waals surface area (Å²) in [4.78, 5) is 0. The predicted molar refractivity (Wildman–Crippen MR) is 40.9 cm³/mol. The second kappa shape index (κ2) is 6.72. The molecule has 0 unspecified atom stereocenters. The van der Waals surface area contributed by atoms with Gasteiger partial charge in [-0.3, -0.25) is 0 Å². The molecule has 0 fully saturated rings. The van der Waals surface area contributed by atoms with Crippen LogP contribution < -0.4 is 0 Å². The largest absolute Gasteiger partial charge is 0.411 e. The Labute approximate surface area is 62.3 Å². The maximum atomic E-state index is 8.03. The Morgan fingerprint density at radius 1 is 1.50 bits per heavy atom. The molecule has 0 aliphatic rings. The van der Waals surface area contributed by atoms with E-state index in [1.165, 1.54) is 6.21 Å². The third kappa shape index (κ3) is 4.48. The molecule has 1 N–H and O–H groups in total. The van der Waals surface area contributed by atoms with Crippen molar-refractivity contribution in [2.75, 3.05) is 14.2 Å². The van der Waals surface area contributed by atoms with E-state index in [0.717, 1.165) is 12.5 Å². The first-order chi connectivity index (χ1) is 4.85. The normalized spacial score (nSPS) is 11.5. The zero-order valence-corrected chi connectivity index (χ0v) is 7.43. The van der Waals surface area contributed by atoms with Crippen LogP contribution in [0, 0.1) is 0 Å². The van der Waals surface area contributed by atoms with Gasteiger partial charge in [-0.25, -0.2) is 0 Å². The van der Waals surface area contributed by atoms with E-state index in [0.29, 0.717) is 0 Å². The molecule has 0 spiro atoms. The zero-order chi connectivity index (χ0) is 7.82. The van der Waals surface area contributed by atoms with Crippen LogP contribution >= 0.6 is 0 Å². The molecule has 0 saturated heterocycles. The molecule has 0 bridgehead atoms. The minimum Gasteiger partial charge on any atom is -0.411 e. The maximum Gasteiger partial charge on any atom is 0.321 e. The van der Waals surface area contributed by atoms with E-state index in [1.807, 2.05) is 0 Å². The minimum atomic E-state index is -1.43. The van der Waals surface area contributed by atoms with Crippen molar-refractivity contribution in [1.29, 1.82) is 0 Å². The molecule has 0 aromatic rings. The topological polar surface area (TPSA) is 51.0 Å². The van der Waals surface area contributed by atoms with Crippen molar-refractivity contribution in [3.8, 4) is 0 Å². The SMILES string of the molecule is CO[SiH](CCC=NO)OC. The molecule has 60 valence electrons. The van der Waals surface area contributed by atoms with Crippen molar-refractivity contribution in [3.05, 3.63) is 0 Å². The standard InChI is InChI=1S/C5H13NO3Si/c1-8-10(9-2)5-3-4-6-7/h4,7,10H,3,5H2,1-2H3. The number of hydrogen-bond donors (Lipinski definition) is 1. The molecule has 0 aliphatic carbocycles. The molecular formula is C5H13NO3Si. The Bertz CT molecular complexity index is 94.9. The Kier molecular flexibility index (Phi) is 6.46. The van der Waals surface area contributed by atoms with Gasteiger partial charge < -0.3 is 14.1 Å². The van der Waals surface area contributed by atoms with Crippen LogP contribution in [0.4, 0.5) is 0 Å². The lowest BCUT2D eigenvalue weighted by molar-refractivity contribution is 0.278. The molecular weight excluding hydrogens is 150 g/mol. The van der Waals surface area contributed by atoms with Crippen LogP contribution in [0.25, 0.3) is 0 Å².